The van der Waals surface area contributed by atoms with Gasteiger partial charge in [-0.15, -0.1) is 0 Å². The summed E-state index contributed by atoms with van der Waals surface area (Å²) in [6.07, 6.45) is 1.49. The molecule has 0 aliphatic carbocycles. The fourth-order valence-corrected chi connectivity index (χ4v) is 1.21. The minimum Gasteiger partial charge on any atom is -0.480 e. The van der Waals surface area contributed by atoms with Crippen molar-refractivity contribution in [1.82, 2.24) is 9.88 Å². The first-order valence-corrected chi connectivity index (χ1v) is 5.61. The van der Waals surface area contributed by atoms with Gasteiger partial charge in [0.1, 0.15) is 11.8 Å². The summed E-state index contributed by atoms with van der Waals surface area (Å²) in [6.45, 7) is 7.23. The number of likely N-dealkylation sites (N-methyl/N-ethyl adjacent to an activating group) is 1. The zero-order chi connectivity index (χ0) is 14.1. The van der Waals surface area contributed by atoms with Gasteiger partial charge < -0.3 is 14.4 Å². The molecule has 1 unspecified atom stereocenters. The van der Waals surface area contributed by atoms with Crippen LogP contribution < -0.4 is 0 Å². The van der Waals surface area contributed by atoms with E-state index in [9.17, 15) is 9.59 Å². The van der Waals surface area contributed by atoms with Crippen LogP contribution in [0.2, 0.25) is 0 Å². The number of carboxylic acid groups (broad SMARTS) is 1. The number of carbonyl (C=O) groups excluding carboxylic acids is 1. The summed E-state index contributed by atoms with van der Waals surface area (Å²) in [5, 5.41) is 8.84. The Kier molecular flexibility index (Phi) is 3.79. The highest BCUT2D eigenvalue weighted by atomic mass is 16.4. The van der Waals surface area contributed by atoms with E-state index in [-0.39, 0.29) is 11.3 Å². The van der Waals surface area contributed by atoms with E-state index in [2.05, 4.69) is 4.98 Å². The smallest absolute Gasteiger partial charge is 0.326 e. The maximum atomic E-state index is 11.9. The Hall–Kier alpha value is -1.85. The third-order valence-corrected chi connectivity index (χ3v) is 2.69. The Morgan fingerprint density at radius 3 is 2.39 bits per heavy atom. The second-order valence-corrected chi connectivity index (χ2v) is 5.21. The number of carbonyl (C=O) groups is 2. The fraction of sp³-hybridized carbons (Fsp3) is 0.583. The highest BCUT2D eigenvalue weighted by Crippen LogP contribution is 2.23. The van der Waals surface area contributed by atoms with Gasteiger partial charge in [-0.25, -0.2) is 9.78 Å². The summed E-state index contributed by atoms with van der Waals surface area (Å²) in [5.41, 5.74) is -0.248. The van der Waals surface area contributed by atoms with Gasteiger partial charge in [0.25, 0.3) is 5.89 Å². The molecule has 18 heavy (non-hydrogen) atoms. The molecular formula is C12H18N2O4. The second kappa shape index (κ2) is 4.80. The van der Waals surface area contributed by atoms with Gasteiger partial charge in [-0.05, 0) is 6.92 Å². The molecule has 1 atom stereocenters. The summed E-state index contributed by atoms with van der Waals surface area (Å²) in [6, 6.07) is -0.928. The molecule has 1 aromatic heterocycles. The van der Waals surface area contributed by atoms with E-state index in [4.69, 9.17) is 9.52 Å². The molecule has 100 valence electrons. The first-order valence-electron chi connectivity index (χ1n) is 5.61. The van der Waals surface area contributed by atoms with Crippen molar-refractivity contribution in [3.05, 3.63) is 17.8 Å². The predicted octanol–water partition coefficient (Wildman–Crippen LogP) is 1.52. The van der Waals surface area contributed by atoms with Crippen LogP contribution in [-0.4, -0.2) is 40.0 Å². The minimum atomic E-state index is -1.08. The molecule has 0 spiro atoms. The molecule has 0 fully saturated rings. The van der Waals surface area contributed by atoms with Gasteiger partial charge in [0.2, 0.25) is 0 Å². The van der Waals surface area contributed by atoms with Crippen LogP contribution in [0.5, 0.6) is 0 Å². The molecular weight excluding hydrogens is 236 g/mol. The molecule has 1 rings (SSSR count). The Morgan fingerprint density at radius 2 is 2.00 bits per heavy atom. The van der Waals surface area contributed by atoms with Crippen molar-refractivity contribution in [1.29, 1.82) is 0 Å². The Morgan fingerprint density at radius 1 is 1.44 bits per heavy atom. The van der Waals surface area contributed by atoms with E-state index >= 15 is 0 Å². The van der Waals surface area contributed by atoms with E-state index in [0.717, 1.165) is 4.90 Å². The van der Waals surface area contributed by atoms with E-state index in [1.54, 1.807) is 0 Å². The van der Waals surface area contributed by atoms with Crippen LogP contribution in [0.25, 0.3) is 0 Å². The highest BCUT2D eigenvalue weighted by Gasteiger charge is 2.28. The lowest BCUT2D eigenvalue weighted by Gasteiger charge is -2.19. The number of oxazole rings is 1. The van der Waals surface area contributed by atoms with E-state index in [1.807, 2.05) is 20.8 Å². The average Bonchev–Trinajstić information content (AvgIpc) is 2.74. The minimum absolute atomic E-state index is 0.0875. The van der Waals surface area contributed by atoms with Gasteiger partial charge in [0.15, 0.2) is 0 Å². The number of hydrogen-bond acceptors (Lipinski definition) is 4. The van der Waals surface area contributed by atoms with Gasteiger partial charge >= 0.3 is 11.9 Å². The largest absolute Gasteiger partial charge is 0.480 e. The zero-order valence-corrected chi connectivity index (χ0v) is 11.2. The topological polar surface area (TPSA) is 83.6 Å². The average molecular weight is 254 g/mol. The van der Waals surface area contributed by atoms with Crippen LogP contribution in [0.15, 0.2) is 10.6 Å². The number of aliphatic carboxylic acids is 1. The van der Waals surface area contributed by atoms with E-state index in [1.165, 1.54) is 20.2 Å². The van der Waals surface area contributed by atoms with E-state index in [0.29, 0.717) is 5.76 Å². The van der Waals surface area contributed by atoms with Gasteiger partial charge in [0, 0.05) is 12.5 Å². The maximum absolute atomic E-state index is 11.9. The maximum Gasteiger partial charge on any atom is 0.326 e. The van der Waals surface area contributed by atoms with Crippen LogP contribution in [0, 0.1) is 0 Å². The standard InChI is InChI=1S/C12H18N2O4/c1-7(11(16)17)14(5)10(15)9-13-6-8(18-9)12(2,3)4/h6-7H,1-5H3,(H,16,17). The van der Waals surface area contributed by atoms with Gasteiger partial charge in [-0.3, -0.25) is 4.79 Å². The summed E-state index contributed by atoms with van der Waals surface area (Å²) >= 11 is 0. The lowest BCUT2D eigenvalue weighted by atomic mass is 9.94. The molecule has 0 bridgehead atoms. The zero-order valence-electron chi connectivity index (χ0n) is 11.2. The van der Waals surface area contributed by atoms with Crippen LogP contribution in [0.3, 0.4) is 0 Å². The Labute approximate surface area is 106 Å². The van der Waals surface area contributed by atoms with Crippen molar-refractivity contribution in [3.8, 4) is 0 Å². The molecule has 1 amide bonds. The highest BCUT2D eigenvalue weighted by molar-refractivity contribution is 5.92. The summed E-state index contributed by atoms with van der Waals surface area (Å²) in [4.78, 5) is 27.7. The van der Waals surface area contributed by atoms with Crippen LogP contribution >= 0.6 is 0 Å². The molecule has 0 aliphatic rings. The third-order valence-electron chi connectivity index (χ3n) is 2.69. The lowest BCUT2D eigenvalue weighted by molar-refractivity contribution is -0.141. The van der Waals surface area contributed by atoms with Crippen molar-refractivity contribution in [2.45, 2.75) is 39.2 Å². The molecule has 0 saturated carbocycles. The van der Waals surface area contributed by atoms with Crippen molar-refractivity contribution < 1.29 is 19.1 Å². The molecule has 0 saturated heterocycles. The summed E-state index contributed by atoms with van der Waals surface area (Å²) in [7, 11) is 1.40. The summed E-state index contributed by atoms with van der Waals surface area (Å²) in [5.74, 6) is -1.12. The fourth-order valence-electron chi connectivity index (χ4n) is 1.21. The Balaban J connectivity index is 2.92. The predicted molar refractivity (Wildman–Crippen MR) is 64.4 cm³/mol. The number of hydrogen-bond donors (Lipinski definition) is 1. The molecule has 1 aromatic rings. The first-order chi connectivity index (χ1) is 8.14. The molecule has 6 nitrogen and oxygen atoms in total. The van der Waals surface area contributed by atoms with Crippen molar-refractivity contribution in [2.24, 2.45) is 0 Å². The van der Waals surface area contributed by atoms with Gasteiger partial charge in [0.05, 0.1) is 6.20 Å². The van der Waals surface area contributed by atoms with Crippen LogP contribution in [0.1, 0.15) is 44.1 Å². The van der Waals surface area contributed by atoms with Crippen LogP contribution in [0.4, 0.5) is 0 Å². The van der Waals surface area contributed by atoms with Gasteiger partial charge in [-0.1, -0.05) is 20.8 Å². The SMILES string of the molecule is CC(C(=O)O)N(C)C(=O)c1ncc(C(C)(C)C)o1. The number of aromatic nitrogens is 1. The van der Waals surface area contributed by atoms with Crippen molar-refractivity contribution >= 4 is 11.9 Å². The normalized spacial score (nSPS) is 13.2. The second-order valence-electron chi connectivity index (χ2n) is 5.21. The van der Waals surface area contributed by atoms with Crippen LogP contribution in [-0.2, 0) is 10.2 Å². The number of rotatable bonds is 3. The molecule has 0 aliphatic heterocycles. The molecule has 0 radical (unpaired) electrons. The first kappa shape index (κ1) is 14.2. The molecule has 0 aromatic carbocycles. The van der Waals surface area contributed by atoms with Crippen molar-refractivity contribution in [2.75, 3.05) is 7.05 Å². The molecule has 1 heterocycles. The quantitative estimate of drug-likeness (QED) is 0.884. The summed E-state index contributed by atoms with van der Waals surface area (Å²) < 4.78 is 5.37. The Bertz CT molecular complexity index is 459. The van der Waals surface area contributed by atoms with Crippen molar-refractivity contribution in [3.63, 3.8) is 0 Å². The van der Waals surface area contributed by atoms with E-state index < -0.39 is 17.9 Å². The number of nitrogens with zero attached hydrogens (tertiary/aromatic N) is 2. The number of amides is 1. The third kappa shape index (κ3) is 2.88. The monoisotopic (exact) mass is 254 g/mol. The van der Waals surface area contributed by atoms with Gasteiger partial charge in [-0.2, -0.15) is 0 Å². The molecule has 6 heteroatoms. The molecule has 1 N–H and O–H groups in total. The lowest BCUT2D eigenvalue weighted by Crippen LogP contribution is -2.40. The number of carboxylic acids is 1.